The summed E-state index contributed by atoms with van der Waals surface area (Å²) in [5.74, 6) is -4.61. The summed E-state index contributed by atoms with van der Waals surface area (Å²) in [4.78, 5) is 23.8. The highest BCUT2D eigenvalue weighted by molar-refractivity contribution is 6.01. The van der Waals surface area contributed by atoms with Crippen LogP contribution in [0.2, 0.25) is 0 Å². The third kappa shape index (κ3) is 2.59. The van der Waals surface area contributed by atoms with Crippen LogP contribution in [-0.4, -0.2) is 46.9 Å². The number of nitrogens with zero attached hydrogens (tertiary/aromatic N) is 2. The van der Waals surface area contributed by atoms with Gasteiger partial charge in [0.25, 0.3) is 0 Å². The third-order valence-corrected chi connectivity index (χ3v) is 4.85. The Labute approximate surface area is 148 Å². The van der Waals surface area contributed by atoms with Crippen LogP contribution in [0.4, 0.5) is 32.0 Å². The summed E-state index contributed by atoms with van der Waals surface area (Å²) < 4.78 is 77.3. The number of anilines is 1. The zero-order chi connectivity index (χ0) is 20.4. The van der Waals surface area contributed by atoms with Gasteiger partial charge in [-0.25, -0.2) is 0 Å². The molecule has 3 rings (SSSR count). The second kappa shape index (κ2) is 5.72. The number of benzene rings is 1. The van der Waals surface area contributed by atoms with Crippen LogP contribution < -0.4 is 4.90 Å². The van der Waals surface area contributed by atoms with Gasteiger partial charge in [-0.3, -0.25) is 14.5 Å². The topological polar surface area (TPSA) is 60.9 Å². The van der Waals surface area contributed by atoms with E-state index in [4.69, 9.17) is 0 Å². The average Bonchev–Trinajstić information content (AvgIpc) is 3.02. The number of fused-ring (bicyclic) bond motifs is 2. The van der Waals surface area contributed by atoms with E-state index in [1.165, 1.54) is 18.2 Å². The molecule has 0 unspecified atom stereocenters. The van der Waals surface area contributed by atoms with Gasteiger partial charge in [-0.15, -0.1) is 0 Å². The summed E-state index contributed by atoms with van der Waals surface area (Å²) in [5.41, 5.74) is -2.66. The first kappa shape index (κ1) is 19.2. The largest absolute Gasteiger partial charge is 0.471 e. The molecule has 1 fully saturated rings. The Bertz CT molecular complexity index is 834. The van der Waals surface area contributed by atoms with Crippen molar-refractivity contribution < 1.29 is 41.0 Å². The van der Waals surface area contributed by atoms with Crippen LogP contribution in [0.15, 0.2) is 36.5 Å². The highest BCUT2D eigenvalue weighted by Crippen LogP contribution is 2.55. The molecule has 146 valence electrons. The quantitative estimate of drug-likeness (QED) is 0.688. The van der Waals surface area contributed by atoms with Crippen LogP contribution in [0.1, 0.15) is 12.0 Å². The molecular formula is C16H12F6N2O3. The van der Waals surface area contributed by atoms with E-state index in [1.807, 2.05) is 0 Å². The Balaban J connectivity index is 2.11. The van der Waals surface area contributed by atoms with E-state index in [0.29, 0.717) is 0 Å². The summed E-state index contributed by atoms with van der Waals surface area (Å²) in [7, 11) is 0. The number of carbonyl (C=O) groups excluding carboxylic acids is 2. The Morgan fingerprint density at radius 1 is 1.07 bits per heavy atom. The van der Waals surface area contributed by atoms with Crippen molar-refractivity contribution in [3.8, 4) is 0 Å². The Kier molecular flexibility index (Phi) is 4.07. The first-order chi connectivity index (χ1) is 12.3. The Morgan fingerprint density at radius 3 is 2.19 bits per heavy atom. The van der Waals surface area contributed by atoms with E-state index in [2.05, 4.69) is 6.58 Å². The number of hydrogen-bond donors (Lipinski definition) is 1. The summed E-state index contributed by atoms with van der Waals surface area (Å²) >= 11 is 0. The smallest absolute Gasteiger partial charge is 0.372 e. The molecule has 0 saturated carbocycles. The molecule has 1 spiro atoms. The van der Waals surface area contributed by atoms with Gasteiger partial charge in [-0.1, -0.05) is 24.8 Å². The maximum Gasteiger partial charge on any atom is 0.471 e. The van der Waals surface area contributed by atoms with Crippen molar-refractivity contribution in [3.63, 3.8) is 0 Å². The minimum absolute atomic E-state index is 0.00225. The van der Waals surface area contributed by atoms with Gasteiger partial charge in [0.05, 0.1) is 11.1 Å². The summed E-state index contributed by atoms with van der Waals surface area (Å²) in [6.45, 7) is 2.92. The predicted octanol–water partition coefficient (Wildman–Crippen LogP) is 2.46. The van der Waals surface area contributed by atoms with Crippen molar-refractivity contribution in [2.24, 2.45) is 0 Å². The molecule has 1 aromatic rings. The zero-order valence-electron chi connectivity index (χ0n) is 13.4. The fourth-order valence-electron chi connectivity index (χ4n) is 3.66. The maximum absolute atomic E-state index is 13.0. The van der Waals surface area contributed by atoms with Gasteiger partial charge in [-0.2, -0.15) is 26.3 Å². The minimum atomic E-state index is -5.32. The number of amides is 2. The number of halogens is 6. The lowest BCUT2D eigenvalue weighted by molar-refractivity contribution is -0.182. The molecule has 1 N–H and O–H groups in total. The van der Waals surface area contributed by atoms with Crippen molar-refractivity contribution in [1.29, 1.82) is 0 Å². The van der Waals surface area contributed by atoms with Gasteiger partial charge in [0.2, 0.25) is 0 Å². The van der Waals surface area contributed by atoms with E-state index in [9.17, 15) is 41.0 Å². The van der Waals surface area contributed by atoms with E-state index < -0.39 is 48.1 Å². The lowest BCUT2D eigenvalue weighted by Gasteiger charge is -2.33. The summed E-state index contributed by atoms with van der Waals surface area (Å²) in [6, 6.07) is 5.14. The fraction of sp³-hybridized carbons (Fsp3) is 0.375. The molecule has 2 aliphatic heterocycles. The van der Waals surface area contributed by atoms with Crippen LogP contribution in [0.25, 0.3) is 0 Å². The molecule has 11 heteroatoms. The van der Waals surface area contributed by atoms with Crippen LogP contribution >= 0.6 is 0 Å². The minimum Gasteiger partial charge on any atom is -0.372 e. The molecule has 5 nitrogen and oxygen atoms in total. The number of carbonyl (C=O) groups is 2. The average molecular weight is 394 g/mol. The molecule has 1 saturated heterocycles. The number of alkyl halides is 6. The molecule has 1 aromatic carbocycles. The number of aliphatic hydroxyl groups is 1. The molecule has 0 radical (unpaired) electrons. The van der Waals surface area contributed by atoms with Crippen molar-refractivity contribution in [3.05, 3.63) is 42.1 Å². The molecule has 2 amide bonds. The highest BCUT2D eigenvalue weighted by atomic mass is 19.4. The van der Waals surface area contributed by atoms with Crippen LogP contribution in [0.5, 0.6) is 0 Å². The van der Waals surface area contributed by atoms with E-state index in [-0.39, 0.29) is 27.5 Å². The van der Waals surface area contributed by atoms with Crippen LogP contribution in [0, 0.1) is 0 Å². The zero-order valence-corrected chi connectivity index (χ0v) is 13.4. The number of hydrogen-bond acceptors (Lipinski definition) is 3. The van der Waals surface area contributed by atoms with E-state index >= 15 is 0 Å². The highest BCUT2D eigenvalue weighted by Gasteiger charge is 2.62. The SMILES string of the molecule is C=C1N(C(=O)C(F)(F)F)CC[C@]12c1ccccc1N(C(=O)C(F)(F)F)[C@H]2O. The van der Waals surface area contributed by atoms with E-state index in [0.717, 1.165) is 6.07 Å². The first-order valence-corrected chi connectivity index (χ1v) is 7.59. The van der Waals surface area contributed by atoms with Crippen LogP contribution in [0.3, 0.4) is 0 Å². The summed E-state index contributed by atoms with van der Waals surface area (Å²) in [6.07, 6.45) is -13.0. The van der Waals surface area contributed by atoms with Crippen molar-refractivity contribution in [2.45, 2.75) is 30.4 Å². The fourth-order valence-corrected chi connectivity index (χ4v) is 3.66. The van der Waals surface area contributed by atoms with Crippen molar-refractivity contribution in [1.82, 2.24) is 4.90 Å². The second-order valence-corrected chi connectivity index (χ2v) is 6.19. The Morgan fingerprint density at radius 2 is 1.63 bits per heavy atom. The standard InChI is InChI=1S/C16H12F6N2O3/c1-8-14(6-7-23(8)12(26)15(17,18)19)9-4-2-3-5-10(9)24(11(14)25)13(27)16(20,21)22/h2-5,11,25H,1,6-7H2/t11-,14+/m0/s1. The van der Waals surface area contributed by atoms with Crippen molar-refractivity contribution >= 4 is 17.5 Å². The number of likely N-dealkylation sites (tertiary alicyclic amines) is 1. The van der Waals surface area contributed by atoms with Crippen LogP contribution in [-0.2, 0) is 15.0 Å². The predicted molar refractivity (Wildman–Crippen MR) is 79.2 cm³/mol. The van der Waals surface area contributed by atoms with Gasteiger partial charge < -0.3 is 10.0 Å². The van der Waals surface area contributed by atoms with Gasteiger partial charge in [-0.05, 0) is 18.1 Å². The molecule has 2 heterocycles. The number of para-hydroxylation sites is 1. The van der Waals surface area contributed by atoms with Gasteiger partial charge in [0.1, 0.15) is 6.23 Å². The second-order valence-electron chi connectivity index (χ2n) is 6.19. The molecule has 27 heavy (non-hydrogen) atoms. The lowest BCUT2D eigenvalue weighted by Crippen LogP contribution is -2.52. The van der Waals surface area contributed by atoms with Gasteiger partial charge in [0, 0.05) is 12.2 Å². The number of aliphatic hydroxyl groups excluding tert-OH is 1. The molecule has 2 aliphatic rings. The van der Waals surface area contributed by atoms with Crippen molar-refractivity contribution in [2.75, 3.05) is 11.4 Å². The normalized spacial score (nSPS) is 25.3. The monoisotopic (exact) mass is 394 g/mol. The molecular weight excluding hydrogens is 382 g/mol. The lowest BCUT2D eigenvalue weighted by atomic mass is 9.78. The maximum atomic E-state index is 13.0. The molecule has 0 bridgehead atoms. The Hall–Kier alpha value is -2.56. The summed E-state index contributed by atoms with van der Waals surface area (Å²) in [5, 5.41) is 10.6. The van der Waals surface area contributed by atoms with E-state index in [1.54, 1.807) is 0 Å². The van der Waals surface area contributed by atoms with Gasteiger partial charge in [0.15, 0.2) is 0 Å². The number of rotatable bonds is 0. The molecule has 2 atom stereocenters. The molecule has 0 aliphatic carbocycles. The first-order valence-electron chi connectivity index (χ1n) is 7.59. The molecule has 0 aromatic heterocycles. The van der Waals surface area contributed by atoms with Gasteiger partial charge >= 0.3 is 24.2 Å². The third-order valence-electron chi connectivity index (χ3n) is 4.85.